The number of halogens is 1. The van der Waals surface area contributed by atoms with Crippen molar-refractivity contribution in [1.82, 2.24) is 9.80 Å². The van der Waals surface area contributed by atoms with Gasteiger partial charge in [0.1, 0.15) is 17.5 Å². The van der Waals surface area contributed by atoms with Gasteiger partial charge in [-0.15, -0.1) is 0 Å². The Morgan fingerprint density at radius 3 is 2.42 bits per heavy atom. The standard InChI is InChI=1S/C28H36FN3O4/c1-28(2,29)18-31-13-11-19(12-14-31)17-36-22-9-7-20(8-10-22)23-5-3-4-6-24(23)27(35)32-16-21(33)15-25(32)26(30)34/h3-10,19,21,25,33H,11-18H2,1-2H3,(H2,30,34)/t21-,25+/m1/s1. The van der Waals surface area contributed by atoms with Gasteiger partial charge in [-0.3, -0.25) is 9.59 Å². The zero-order valence-corrected chi connectivity index (χ0v) is 21.0. The van der Waals surface area contributed by atoms with Crippen LogP contribution in [0.2, 0.25) is 0 Å². The molecule has 7 nitrogen and oxygen atoms in total. The van der Waals surface area contributed by atoms with E-state index >= 15 is 0 Å². The first-order valence-electron chi connectivity index (χ1n) is 12.6. The topological polar surface area (TPSA) is 96.1 Å². The molecule has 0 radical (unpaired) electrons. The van der Waals surface area contributed by atoms with E-state index in [2.05, 4.69) is 4.90 Å². The summed E-state index contributed by atoms with van der Waals surface area (Å²) in [6, 6.07) is 14.0. The van der Waals surface area contributed by atoms with E-state index in [1.165, 1.54) is 4.90 Å². The zero-order chi connectivity index (χ0) is 25.9. The van der Waals surface area contributed by atoms with Crippen LogP contribution >= 0.6 is 0 Å². The SMILES string of the molecule is CC(C)(F)CN1CCC(COc2ccc(-c3ccccc3C(=O)N3C[C@H](O)C[C@H]3C(N)=O)cc2)CC1. The van der Waals surface area contributed by atoms with Crippen molar-refractivity contribution in [3.63, 3.8) is 0 Å². The highest BCUT2D eigenvalue weighted by molar-refractivity contribution is 6.03. The van der Waals surface area contributed by atoms with Gasteiger partial charge >= 0.3 is 0 Å². The van der Waals surface area contributed by atoms with E-state index in [0.29, 0.717) is 24.6 Å². The molecule has 2 fully saturated rings. The van der Waals surface area contributed by atoms with Crippen molar-refractivity contribution < 1.29 is 23.8 Å². The number of primary amides is 1. The molecule has 0 unspecified atom stereocenters. The number of rotatable bonds is 8. The van der Waals surface area contributed by atoms with Gasteiger partial charge in [0.2, 0.25) is 5.91 Å². The van der Waals surface area contributed by atoms with Gasteiger partial charge in [0.05, 0.1) is 12.7 Å². The Balaban J connectivity index is 1.38. The summed E-state index contributed by atoms with van der Waals surface area (Å²) < 4.78 is 19.9. The molecule has 8 heteroatoms. The number of amides is 2. The Kier molecular flexibility index (Phi) is 7.95. The lowest BCUT2D eigenvalue weighted by molar-refractivity contribution is -0.121. The third-order valence-corrected chi connectivity index (χ3v) is 6.98. The molecule has 2 amide bonds. The molecule has 2 aliphatic heterocycles. The third kappa shape index (κ3) is 6.42. The fourth-order valence-corrected chi connectivity index (χ4v) is 5.17. The lowest BCUT2D eigenvalue weighted by Gasteiger charge is -2.34. The van der Waals surface area contributed by atoms with Crippen molar-refractivity contribution in [3.05, 3.63) is 54.1 Å². The minimum atomic E-state index is -1.17. The van der Waals surface area contributed by atoms with Gasteiger partial charge in [-0.25, -0.2) is 4.39 Å². The van der Waals surface area contributed by atoms with E-state index in [-0.39, 0.29) is 18.9 Å². The highest BCUT2D eigenvalue weighted by atomic mass is 19.1. The molecule has 2 aromatic carbocycles. The number of β-amino-alcohol motifs (C(OH)–C–C–N with tert-alkyl or cyclic N) is 1. The summed E-state index contributed by atoms with van der Waals surface area (Å²) in [5.74, 6) is 0.256. The van der Waals surface area contributed by atoms with Crippen LogP contribution in [0.1, 0.15) is 43.5 Å². The highest BCUT2D eigenvalue weighted by Gasteiger charge is 2.38. The summed E-state index contributed by atoms with van der Waals surface area (Å²) in [6.07, 6.45) is 1.36. The summed E-state index contributed by atoms with van der Waals surface area (Å²) in [5, 5.41) is 10.0. The lowest BCUT2D eigenvalue weighted by Crippen LogP contribution is -2.43. The minimum absolute atomic E-state index is 0.0814. The normalized spacial score (nSPS) is 21.5. The summed E-state index contributed by atoms with van der Waals surface area (Å²) >= 11 is 0. The Labute approximate surface area is 212 Å². The van der Waals surface area contributed by atoms with Crippen molar-refractivity contribution in [2.45, 2.75) is 50.9 Å². The summed E-state index contributed by atoms with van der Waals surface area (Å²) in [4.78, 5) is 28.7. The Morgan fingerprint density at radius 2 is 1.78 bits per heavy atom. The van der Waals surface area contributed by atoms with Gasteiger partial charge in [0, 0.05) is 25.1 Å². The second-order valence-corrected chi connectivity index (χ2v) is 10.6. The number of ether oxygens (including phenoxy) is 1. The lowest BCUT2D eigenvalue weighted by atomic mass is 9.96. The maximum absolute atomic E-state index is 13.9. The van der Waals surface area contributed by atoms with Gasteiger partial charge in [-0.2, -0.15) is 0 Å². The highest BCUT2D eigenvalue weighted by Crippen LogP contribution is 2.30. The molecule has 0 aliphatic carbocycles. The van der Waals surface area contributed by atoms with Gasteiger partial charge < -0.3 is 25.4 Å². The van der Waals surface area contributed by atoms with Crippen LogP contribution in [-0.2, 0) is 4.79 Å². The smallest absolute Gasteiger partial charge is 0.255 e. The number of aliphatic hydroxyl groups is 1. The molecule has 0 aromatic heterocycles. The first-order valence-corrected chi connectivity index (χ1v) is 12.6. The number of nitrogens with two attached hydrogens (primary N) is 1. The van der Waals surface area contributed by atoms with Gasteiger partial charge in [-0.1, -0.05) is 30.3 Å². The van der Waals surface area contributed by atoms with Crippen LogP contribution in [0.4, 0.5) is 4.39 Å². The van der Waals surface area contributed by atoms with Gasteiger partial charge in [0.25, 0.3) is 5.91 Å². The molecule has 2 aromatic rings. The van der Waals surface area contributed by atoms with Gasteiger partial charge in [0.15, 0.2) is 0 Å². The number of nitrogens with zero attached hydrogens (tertiary/aromatic N) is 2. The predicted molar refractivity (Wildman–Crippen MR) is 136 cm³/mol. The number of likely N-dealkylation sites (tertiary alicyclic amines) is 2. The molecular formula is C28H36FN3O4. The molecule has 0 spiro atoms. The first kappa shape index (κ1) is 26.1. The molecule has 2 heterocycles. The number of alkyl halides is 1. The van der Waals surface area contributed by atoms with Crippen LogP contribution in [-0.4, -0.2) is 77.3 Å². The van der Waals surface area contributed by atoms with Crippen LogP contribution in [0.3, 0.4) is 0 Å². The third-order valence-electron chi connectivity index (χ3n) is 6.98. The summed E-state index contributed by atoms with van der Waals surface area (Å²) in [6.45, 7) is 6.17. The average molecular weight is 498 g/mol. The van der Waals surface area contributed by atoms with Gasteiger partial charge in [-0.05, 0) is 75.0 Å². The molecule has 2 saturated heterocycles. The van der Waals surface area contributed by atoms with E-state index < -0.39 is 23.7 Å². The van der Waals surface area contributed by atoms with Crippen molar-refractivity contribution in [1.29, 1.82) is 0 Å². The predicted octanol–water partition coefficient (Wildman–Crippen LogP) is 3.25. The quantitative estimate of drug-likeness (QED) is 0.584. The number of carbonyl (C=O) groups excluding carboxylic acids is 2. The number of benzene rings is 2. The van der Waals surface area contributed by atoms with Crippen LogP contribution < -0.4 is 10.5 Å². The van der Waals surface area contributed by atoms with E-state index in [1.807, 2.05) is 36.4 Å². The maximum atomic E-state index is 13.9. The van der Waals surface area contributed by atoms with Crippen LogP contribution in [0.5, 0.6) is 5.75 Å². The fraction of sp³-hybridized carbons (Fsp3) is 0.500. The number of piperidine rings is 1. The molecular weight excluding hydrogens is 461 g/mol. The van der Waals surface area contributed by atoms with Crippen molar-refractivity contribution in [2.75, 3.05) is 32.8 Å². The number of aliphatic hydroxyl groups excluding tert-OH is 1. The zero-order valence-electron chi connectivity index (χ0n) is 21.0. The Bertz CT molecular complexity index is 1060. The van der Waals surface area contributed by atoms with Crippen molar-refractivity contribution in [2.24, 2.45) is 11.7 Å². The van der Waals surface area contributed by atoms with E-state index in [1.54, 1.807) is 26.0 Å². The average Bonchev–Trinajstić information content (AvgIpc) is 3.25. The minimum Gasteiger partial charge on any atom is -0.493 e. The van der Waals surface area contributed by atoms with Crippen molar-refractivity contribution >= 4 is 11.8 Å². The van der Waals surface area contributed by atoms with Crippen LogP contribution in [0, 0.1) is 5.92 Å². The molecule has 2 aliphatic rings. The van der Waals surface area contributed by atoms with E-state index in [0.717, 1.165) is 42.8 Å². The largest absolute Gasteiger partial charge is 0.493 e. The summed E-state index contributed by atoms with van der Waals surface area (Å²) in [7, 11) is 0. The fourth-order valence-electron chi connectivity index (χ4n) is 5.17. The van der Waals surface area contributed by atoms with Crippen LogP contribution in [0.25, 0.3) is 11.1 Å². The molecule has 194 valence electrons. The molecule has 0 bridgehead atoms. The molecule has 2 atom stereocenters. The molecule has 3 N–H and O–H groups in total. The monoisotopic (exact) mass is 497 g/mol. The number of hydrogen-bond donors (Lipinski definition) is 2. The molecule has 0 saturated carbocycles. The maximum Gasteiger partial charge on any atom is 0.255 e. The molecule has 4 rings (SSSR count). The summed E-state index contributed by atoms with van der Waals surface area (Å²) in [5.41, 5.74) is 6.34. The number of carbonyl (C=O) groups is 2. The molecule has 36 heavy (non-hydrogen) atoms. The second-order valence-electron chi connectivity index (χ2n) is 10.6. The second kappa shape index (κ2) is 11.0. The first-order chi connectivity index (χ1) is 17.1. The van der Waals surface area contributed by atoms with E-state index in [4.69, 9.17) is 10.5 Å². The van der Waals surface area contributed by atoms with E-state index in [9.17, 15) is 19.1 Å². The Hall–Kier alpha value is -2.97. The van der Waals surface area contributed by atoms with Crippen molar-refractivity contribution in [3.8, 4) is 16.9 Å². The van der Waals surface area contributed by atoms with Crippen LogP contribution in [0.15, 0.2) is 48.5 Å². The Morgan fingerprint density at radius 1 is 1.11 bits per heavy atom. The number of hydrogen-bond acceptors (Lipinski definition) is 5.